The number of nitrogens with one attached hydrogen (secondary N) is 1. The summed E-state index contributed by atoms with van der Waals surface area (Å²) < 4.78 is 15.4. The second-order valence-corrected chi connectivity index (χ2v) is 5.23. The minimum absolute atomic E-state index is 0.276. The van der Waals surface area contributed by atoms with E-state index in [-0.39, 0.29) is 5.82 Å². The summed E-state index contributed by atoms with van der Waals surface area (Å²) in [6.07, 6.45) is -0.0629. The Balaban J connectivity index is 1.89. The minimum atomic E-state index is -0.967. The van der Waals surface area contributed by atoms with Gasteiger partial charge in [0, 0.05) is 6.07 Å². The molecule has 0 fully saturated rings. The Labute approximate surface area is 139 Å². The van der Waals surface area contributed by atoms with Gasteiger partial charge in [0.15, 0.2) is 11.9 Å². The standard InChI is InChI=1S/C17H20N2O5/c1-4-9-22-14-7-5-13(6-8-14)17(21)23-12(3)16(20)18-15-10-11(2)24-19-15/h5-8,10,12H,4,9H2,1-3H3,(H,18,19,20)/t12-/m0/s1. The second-order valence-electron chi connectivity index (χ2n) is 5.23. The molecular weight excluding hydrogens is 312 g/mol. The van der Waals surface area contributed by atoms with E-state index in [4.69, 9.17) is 14.0 Å². The first kappa shape index (κ1) is 17.5. The molecule has 2 aromatic rings. The van der Waals surface area contributed by atoms with E-state index in [2.05, 4.69) is 10.5 Å². The van der Waals surface area contributed by atoms with Gasteiger partial charge in [0.25, 0.3) is 5.91 Å². The average molecular weight is 332 g/mol. The predicted molar refractivity (Wildman–Crippen MR) is 87.0 cm³/mol. The van der Waals surface area contributed by atoms with Crippen LogP contribution in [-0.2, 0) is 9.53 Å². The highest BCUT2D eigenvalue weighted by molar-refractivity contribution is 5.96. The zero-order valence-corrected chi connectivity index (χ0v) is 13.9. The summed E-state index contributed by atoms with van der Waals surface area (Å²) in [7, 11) is 0. The molecule has 1 aromatic heterocycles. The normalized spacial score (nSPS) is 11.6. The van der Waals surface area contributed by atoms with Crippen LogP contribution in [0.5, 0.6) is 5.75 Å². The van der Waals surface area contributed by atoms with E-state index in [1.807, 2.05) is 6.92 Å². The van der Waals surface area contributed by atoms with Crippen molar-refractivity contribution in [1.82, 2.24) is 5.16 Å². The van der Waals surface area contributed by atoms with Gasteiger partial charge in [0.1, 0.15) is 11.5 Å². The third-order valence-electron chi connectivity index (χ3n) is 3.10. The van der Waals surface area contributed by atoms with Gasteiger partial charge in [-0.3, -0.25) is 4.79 Å². The highest BCUT2D eigenvalue weighted by Crippen LogP contribution is 2.14. The van der Waals surface area contributed by atoms with Crippen molar-refractivity contribution in [2.75, 3.05) is 11.9 Å². The molecule has 24 heavy (non-hydrogen) atoms. The molecule has 7 heteroatoms. The van der Waals surface area contributed by atoms with E-state index < -0.39 is 18.0 Å². The maximum absolute atomic E-state index is 12.1. The predicted octanol–water partition coefficient (Wildman–Crippen LogP) is 2.96. The van der Waals surface area contributed by atoms with Gasteiger partial charge in [-0.15, -0.1) is 0 Å². The fourth-order valence-electron chi connectivity index (χ4n) is 1.84. The number of amides is 1. The van der Waals surface area contributed by atoms with Crippen LogP contribution < -0.4 is 10.1 Å². The molecule has 0 radical (unpaired) electrons. The highest BCUT2D eigenvalue weighted by Gasteiger charge is 2.20. The number of hydrogen-bond acceptors (Lipinski definition) is 6. The summed E-state index contributed by atoms with van der Waals surface area (Å²) >= 11 is 0. The van der Waals surface area contributed by atoms with Gasteiger partial charge >= 0.3 is 5.97 Å². The Morgan fingerprint density at radius 1 is 1.29 bits per heavy atom. The number of anilines is 1. The first-order valence-corrected chi connectivity index (χ1v) is 7.67. The van der Waals surface area contributed by atoms with E-state index in [0.717, 1.165) is 6.42 Å². The van der Waals surface area contributed by atoms with E-state index in [0.29, 0.717) is 23.7 Å². The second kappa shape index (κ2) is 8.14. The minimum Gasteiger partial charge on any atom is -0.494 e. The third kappa shape index (κ3) is 4.84. The van der Waals surface area contributed by atoms with Crippen molar-refractivity contribution in [3.8, 4) is 5.75 Å². The zero-order chi connectivity index (χ0) is 17.5. The summed E-state index contributed by atoms with van der Waals surface area (Å²) in [6.45, 7) is 5.82. The Bertz CT molecular complexity index is 693. The lowest BCUT2D eigenvalue weighted by Gasteiger charge is -2.12. The topological polar surface area (TPSA) is 90.7 Å². The molecule has 1 N–H and O–H groups in total. The SMILES string of the molecule is CCCOc1ccc(C(=O)O[C@@H](C)C(=O)Nc2cc(C)on2)cc1. The molecule has 0 unspecified atom stereocenters. The lowest BCUT2D eigenvalue weighted by molar-refractivity contribution is -0.123. The van der Waals surface area contributed by atoms with Crippen molar-refractivity contribution < 1.29 is 23.6 Å². The Morgan fingerprint density at radius 3 is 2.58 bits per heavy atom. The molecule has 1 heterocycles. The van der Waals surface area contributed by atoms with Gasteiger partial charge < -0.3 is 19.3 Å². The van der Waals surface area contributed by atoms with Gasteiger partial charge in [-0.2, -0.15) is 0 Å². The molecule has 0 spiro atoms. The number of nitrogens with zero attached hydrogens (tertiary/aromatic N) is 1. The molecule has 1 atom stereocenters. The molecule has 1 amide bonds. The Kier molecular flexibility index (Phi) is 5.95. The lowest BCUT2D eigenvalue weighted by Crippen LogP contribution is -2.30. The first-order chi connectivity index (χ1) is 11.5. The lowest BCUT2D eigenvalue weighted by atomic mass is 10.2. The smallest absolute Gasteiger partial charge is 0.338 e. The monoisotopic (exact) mass is 332 g/mol. The van der Waals surface area contributed by atoms with Crippen LogP contribution in [0.15, 0.2) is 34.9 Å². The number of aryl methyl sites for hydroxylation is 1. The van der Waals surface area contributed by atoms with Gasteiger partial charge in [0.05, 0.1) is 12.2 Å². The van der Waals surface area contributed by atoms with Crippen LogP contribution in [0.25, 0.3) is 0 Å². The maximum Gasteiger partial charge on any atom is 0.338 e. The largest absolute Gasteiger partial charge is 0.494 e. The fourth-order valence-corrected chi connectivity index (χ4v) is 1.84. The van der Waals surface area contributed by atoms with Crippen molar-refractivity contribution in [1.29, 1.82) is 0 Å². The Morgan fingerprint density at radius 2 is 2.00 bits per heavy atom. The molecule has 0 bridgehead atoms. The van der Waals surface area contributed by atoms with E-state index in [9.17, 15) is 9.59 Å². The highest BCUT2D eigenvalue weighted by atomic mass is 16.5. The van der Waals surface area contributed by atoms with Crippen LogP contribution in [0.2, 0.25) is 0 Å². The number of aromatic nitrogens is 1. The molecule has 0 saturated carbocycles. The third-order valence-corrected chi connectivity index (χ3v) is 3.10. The zero-order valence-electron chi connectivity index (χ0n) is 13.9. The van der Waals surface area contributed by atoms with Crippen LogP contribution in [0.4, 0.5) is 5.82 Å². The fraction of sp³-hybridized carbons (Fsp3) is 0.353. The number of ether oxygens (including phenoxy) is 2. The summed E-state index contributed by atoms with van der Waals surface area (Å²) in [5.41, 5.74) is 0.343. The van der Waals surface area contributed by atoms with E-state index >= 15 is 0 Å². The van der Waals surface area contributed by atoms with Crippen LogP contribution in [0.1, 0.15) is 36.4 Å². The summed E-state index contributed by atoms with van der Waals surface area (Å²) in [5, 5.41) is 6.16. The van der Waals surface area contributed by atoms with Gasteiger partial charge in [-0.1, -0.05) is 12.1 Å². The molecule has 0 saturated heterocycles. The number of benzene rings is 1. The number of hydrogen-bond donors (Lipinski definition) is 1. The van der Waals surface area contributed by atoms with E-state index in [1.54, 1.807) is 37.3 Å². The van der Waals surface area contributed by atoms with Crippen molar-refractivity contribution in [3.63, 3.8) is 0 Å². The quantitative estimate of drug-likeness (QED) is 0.784. The number of esters is 1. The van der Waals surface area contributed by atoms with Crippen LogP contribution in [0, 0.1) is 6.92 Å². The summed E-state index contributed by atoms with van der Waals surface area (Å²) in [4.78, 5) is 24.0. The summed E-state index contributed by atoms with van der Waals surface area (Å²) in [6, 6.07) is 8.14. The summed E-state index contributed by atoms with van der Waals surface area (Å²) in [5.74, 6) is 0.453. The van der Waals surface area contributed by atoms with Crippen molar-refractivity contribution in [3.05, 3.63) is 41.7 Å². The number of rotatable bonds is 7. The molecule has 1 aromatic carbocycles. The van der Waals surface area contributed by atoms with Crippen LogP contribution >= 0.6 is 0 Å². The average Bonchev–Trinajstić information content (AvgIpc) is 2.98. The van der Waals surface area contributed by atoms with Crippen molar-refractivity contribution in [2.45, 2.75) is 33.3 Å². The molecule has 2 rings (SSSR count). The van der Waals surface area contributed by atoms with Crippen LogP contribution in [-0.4, -0.2) is 29.7 Å². The van der Waals surface area contributed by atoms with Gasteiger partial charge in [0.2, 0.25) is 0 Å². The van der Waals surface area contributed by atoms with Crippen molar-refractivity contribution >= 4 is 17.7 Å². The number of carbonyl (C=O) groups excluding carboxylic acids is 2. The first-order valence-electron chi connectivity index (χ1n) is 7.67. The number of carbonyl (C=O) groups is 2. The van der Waals surface area contributed by atoms with E-state index in [1.165, 1.54) is 6.92 Å². The van der Waals surface area contributed by atoms with Gasteiger partial charge in [-0.25, -0.2) is 4.79 Å². The molecule has 0 aliphatic heterocycles. The van der Waals surface area contributed by atoms with Crippen LogP contribution in [0.3, 0.4) is 0 Å². The Hall–Kier alpha value is -2.83. The molecule has 7 nitrogen and oxygen atoms in total. The molecule has 128 valence electrons. The molecule has 0 aliphatic carbocycles. The van der Waals surface area contributed by atoms with Crippen molar-refractivity contribution in [2.24, 2.45) is 0 Å². The maximum atomic E-state index is 12.1. The van der Waals surface area contributed by atoms with Gasteiger partial charge in [-0.05, 0) is 44.5 Å². The molecular formula is C17H20N2O5. The molecule has 0 aliphatic rings.